The van der Waals surface area contributed by atoms with Crippen molar-refractivity contribution >= 4 is 12.1 Å². The highest BCUT2D eigenvalue weighted by Gasteiger charge is 2.52. The summed E-state index contributed by atoms with van der Waals surface area (Å²) in [6, 6.07) is 7.87. The van der Waals surface area contributed by atoms with E-state index in [1.807, 2.05) is 30.5 Å². The fourth-order valence-electron chi connectivity index (χ4n) is 5.71. The van der Waals surface area contributed by atoms with Crippen molar-refractivity contribution in [3.05, 3.63) is 53.6 Å². The second kappa shape index (κ2) is 7.07. The normalized spacial score (nSPS) is 39.3. The molecule has 168 valence electrons. The molecule has 2 bridgehead atoms. The summed E-state index contributed by atoms with van der Waals surface area (Å²) in [6.07, 6.45) is 11.0. The number of allylic oxidation sites excluding steroid dienone is 2. The van der Waals surface area contributed by atoms with Gasteiger partial charge in [0.1, 0.15) is 29.9 Å². The van der Waals surface area contributed by atoms with Gasteiger partial charge in [0.25, 0.3) is 5.84 Å². The maximum atomic E-state index is 10.3. The van der Waals surface area contributed by atoms with Crippen LogP contribution in [0, 0.1) is 5.92 Å². The average Bonchev–Trinajstić information content (AvgIpc) is 3.47. The van der Waals surface area contributed by atoms with Crippen molar-refractivity contribution in [3.8, 4) is 5.75 Å². The number of fused-ring (bicyclic) bond motifs is 3. The second-order valence-electron chi connectivity index (χ2n) is 9.86. The van der Waals surface area contributed by atoms with E-state index in [1.54, 1.807) is 12.4 Å². The van der Waals surface area contributed by atoms with E-state index in [9.17, 15) is 10.2 Å². The summed E-state index contributed by atoms with van der Waals surface area (Å²) in [5, 5.41) is 19.7. The summed E-state index contributed by atoms with van der Waals surface area (Å²) >= 11 is 0. The van der Waals surface area contributed by atoms with E-state index in [2.05, 4.69) is 4.99 Å². The number of quaternary nitrogens is 1. The van der Waals surface area contributed by atoms with Crippen LogP contribution < -0.4 is 10.6 Å². The minimum atomic E-state index is -1.03. The predicted octanol–water partition coefficient (Wildman–Crippen LogP) is 2.13. The maximum Gasteiger partial charge on any atom is 0.265 e. The third-order valence-electron chi connectivity index (χ3n) is 7.61. The van der Waals surface area contributed by atoms with E-state index in [1.165, 1.54) is 0 Å². The molecule has 0 amide bonds. The molecule has 1 aromatic rings. The standard InChI is InChI=1S/C24H29N4O4/c25-28-9-8-26-13-20(28)21(17-11-23(30,12-17)14-29)27-22(28)16-2-1-3-19(10-16)31-15-24-6-4-18(32-24)5-7-24/h1-3,8-10,13,17-18,29-30H,4-7,11-12,14-15,25H2/q+1. The van der Waals surface area contributed by atoms with Crippen LogP contribution >= 0.6 is 0 Å². The molecule has 8 heteroatoms. The molecule has 1 saturated carbocycles. The van der Waals surface area contributed by atoms with Crippen molar-refractivity contribution < 1.29 is 24.3 Å². The molecule has 1 aromatic carbocycles. The minimum absolute atomic E-state index is 0.0343. The monoisotopic (exact) mass is 437 g/mol. The number of nitrogens with zero attached hydrogens (tertiary/aromatic N) is 3. The van der Waals surface area contributed by atoms with Crippen LogP contribution in [0.4, 0.5) is 0 Å². The first-order valence-corrected chi connectivity index (χ1v) is 11.4. The van der Waals surface area contributed by atoms with Crippen molar-refractivity contribution in [2.45, 2.75) is 55.8 Å². The van der Waals surface area contributed by atoms with Gasteiger partial charge in [-0.25, -0.2) is 0 Å². The molecule has 4 heterocycles. The maximum absolute atomic E-state index is 10.3. The van der Waals surface area contributed by atoms with Crippen LogP contribution in [0.5, 0.6) is 5.75 Å². The third-order valence-corrected chi connectivity index (χ3v) is 7.61. The minimum Gasteiger partial charge on any atom is -0.491 e. The van der Waals surface area contributed by atoms with Gasteiger partial charge in [-0.05, 0) is 56.7 Å². The van der Waals surface area contributed by atoms with Crippen LogP contribution in [-0.4, -0.2) is 57.4 Å². The van der Waals surface area contributed by atoms with E-state index in [0.29, 0.717) is 31.4 Å². The second-order valence-corrected chi connectivity index (χ2v) is 9.86. The largest absolute Gasteiger partial charge is 0.491 e. The van der Waals surface area contributed by atoms with E-state index >= 15 is 0 Å². The van der Waals surface area contributed by atoms with Gasteiger partial charge in [0, 0.05) is 5.92 Å². The molecule has 4 N–H and O–H groups in total. The smallest absolute Gasteiger partial charge is 0.265 e. The average molecular weight is 438 g/mol. The quantitative estimate of drug-likeness (QED) is 0.467. The van der Waals surface area contributed by atoms with Crippen molar-refractivity contribution in [1.29, 1.82) is 0 Å². The molecule has 0 radical (unpaired) electrons. The van der Waals surface area contributed by atoms with Crippen molar-refractivity contribution in [2.24, 2.45) is 21.7 Å². The summed E-state index contributed by atoms with van der Waals surface area (Å²) in [5.74, 6) is 8.32. The summed E-state index contributed by atoms with van der Waals surface area (Å²) in [7, 11) is 0. The number of amidine groups is 1. The molecular weight excluding hydrogens is 408 g/mol. The molecule has 1 aliphatic carbocycles. The number of nitrogens with two attached hydrogens (primary N) is 1. The molecule has 5 aliphatic rings. The first-order chi connectivity index (χ1) is 15.4. The van der Waals surface area contributed by atoms with Gasteiger partial charge in [-0.15, -0.1) is 4.59 Å². The number of ether oxygens (including phenoxy) is 2. The Hall–Kier alpha value is -2.36. The first kappa shape index (κ1) is 20.3. The van der Waals surface area contributed by atoms with Gasteiger partial charge >= 0.3 is 0 Å². The van der Waals surface area contributed by atoms with Crippen LogP contribution in [0.1, 0.15) is 44.1 Å². The molecule has 0 aromatic heterocycles. The molecule has 0 spiro atoms. The highest BCUT2D eigenvalue weighted by Crippen LogP contribution is 2.47. The lowest BCUT2D eigenvalue weighted by molar-refractivity contribution is -0.750. The van der Waals surface area contributed by atoms with Gasteiger partial charge in [-0.1, -0.05) is 6.07 Å². The SMILES string of the molecule is N[N+]12C=CN=CC1=C(C1CC(O)(CO)C1)N=C2c1cccc(OCC23CCC(CC2)O3)c1. The summed E-state index contributed by atoms with van der Waals surface area (Å²) in [5.41, 5.74) is 1.35. The molecule has 32 heavy (non-hydrogen) atoms. The molecule has 1 atom stereocenters. The molecular formula is C24H29N4O4+. The zero-order valence-corrected chi connectivity index (χ0v) is 18.0. The molecule has 8 nitrogen and oxygen atoms in total. The lowest BCUT2D eigenvalue weighted by atomic mass is 9.69. The number of benzene rings is 1. The van der Waals surface area contributed by atoms with Crippen molar-refractivity contribution in [1.82, 2.24) is 0 Å². The number of aliphatic imine (C=N–C) groups is 2. The third kappa shape index (κ3) is 3.09. The topological polar surface area (TPSA) is 110 Å². The Bertz CT molecular complexity index is 1060. The van der Waals surface area contributed by atoms with Crippen LogP contribution in [-0.2, 0) is 4.74 Å². The Morgan fingerprint density at radius 3 is 2.78 bits per heavy atom. The summed E-state index contributed by atoms with van der Waals surface area (Å²) in [4.78, 5) is 9.21. The van der Waals surface area contributed by atoms with Crippen LogP contribution in [0.25, 0.3) is 0 Å². The lowest BCUT2D eigenvalue weighted by Crippen LogP contribution is -2.53. The van der Waals surface area contributed by atoms with Crippen molar-refractivity contribution in [3.63, 3.8) is 0 Å². The van der Waals surface area contributed by atoms with Gasteiger partial charge in [-0.2, -0.15) is 10.8 Å². The van der Waals surface area contributed by atoms with E-state index in [4.69, 9.17) is 20.3 Å². The van der Waals surface area contributed by atoms with E-state index in [-0.39, 0.29) is 22.7 Å². The first-order valence-electron chi connectivity index (χ1n) is 11.4. The number of hydrogen-bond acceptors (Lipinski definition) is 7. The zero-order chi connectivity index (χ0) is 22.0. The summed E-state index contributed by atoms with van der Waals surface area (Å²) < 4.78 is 12.3. The lowest BCUT2D eigenvalue weighted by Gasteiger charge is -2.42. The Morgan fingerprint density at radius 1 is 1.25 bits per heavy atom. The van der Waals surface area contributed by atoms with Gasteiger partial charge in [0.05, 0.1) is 36.3 Å². The highest BCUT2D eigenvalue weighted by molar-refractivity contribution is 6.00. The van der Waals surface area contributed by atoms with Gasteiger partial charge < -0.3 is 19.7 Å². The predicted molar refractivity (Wildman–Crippen MR) is 118 cm³/mol. The van der Waals surface area contributed by atoms with Crippen LogP contribution in [0.3, 0.4) is 0 Å². The molecule has 1 unspecified atom stereocenters. The highest BCUT2D eigenvalue weighted by atomic mass is 16.6. The Balaban J connectivity index is 1.26. The van der Waals surface area contributed by atoms with Gasteiger partial charge in [0.15, 0.2) is 0 Å². The van der Waals surface area contributed by atoms with Gasteiger partial charge in [-0.3, -0.25) is 4.99 Å². The van der Waals surface area contributed by atoms with Crippen molar-refractivity contribution in [2.75, 3.05) is 13.2 Å². The van der Waals surface area contributed by atoms with Crippen LogP contribution in [0.2, 0.25) is 0 Å². The Morgan fingerprint density at radius 2 is 2.06 bits per heavy atom. The molecule has 3 fully saturated rings. The fraction of sp³-hybridized carbons (Fsp3) is 0.500. The van der Waals surface area contributed by atoms with Crippen LogP contribution in [0.15, 0.2) is 58.0 Å². The Kier molecular flexibility index (Phi) is 4.48. The molecule has 2 saturated heterocycles. The summed E-state index contributed by atoms with van der Waals surface area (Å²) in [6.45, 7) is 0.315. The zero-order valence-electron chi connectivity index (χ0n) is 18.0. The molecule has 4 aliphatic heterocycles. The molecule has 6 rings (SSSR count). The fourth-order valence-corrected chi connectivity index (χ4v) is 5.71. The number of aliphatic hydroxyl groups excluding tert-OH is 1. The number of rotatable bonds is 6. The van der Waals surface area contributed by atoms with Gasteiger partial charge in [0.2, 0.25) is 5.70 Å². The number of aliphatic hydroxyl groups is 2. The Labute approximate surface area is 186 Å². The van der Waals surface area contributed by atoms with E-state index in [0.717, 1.165) is 48.4 Å². The number of hydrogen-bond donors (Lipinski definition) is 3. The van der Waals surface area contributed by atoms with E-state index < -0.39 is 5.60 Å².